The minimum absolute atomic E-state index is 0. The number of nitrogens with zero attached hydrogens (tertiary/aromatic N) is 1. The second-order valence-electron chi connectivity index (χ2n) is 5.93. The van der Waals surface area contributed by atoms with Crippen molar-refractivity contribution < 1.29 is 24.8 Å². The van der Waals surface area contributed by atoms with Gasteiger partial charge in [0, 0.05) is 18.3 Å². The lowest BCUT2D eigenvalue weighted by molar-refractivity contribution is -0.0429. The van der Waals surface area contributed by atoms with E-state index in [0.29, 0.717) is 18.0 Å². The first-order valence-electron chi connectivity index (χ1n) is 8.58. The molecule has 2 atom stereocenters. The Morgan fingerprint density at radius 2 is 1.79 bits per heavy atom. The highest BCUT2D eigenvalue weighted by Gasteiger charge is 2.13. The van der Waals surface area contributed by atoms with E-state index in [1.807, 2.05) is 37.3 Å². The van der Waals surface area contributed by atoms with Crippen molar-refractivity contribution in [3.63, 3.8) is 0 Å². The van der Waals surface area contributed by atoms with Crippen LogP contribution < -0.4 is 14.8 Å². The average molecular weight is 435 g/mol. The molecule has 0 spiro atoms. The zero-order chi connectivity index (χ0) is 18.9. The van der Waals surface area contributed by atoms with E-state index in [1.165, 1.54) is 12.3 Å². The maximum absolute atomic E-state index is 10.1. The number of halogens is 2. The van der Waals surface area contributed by atoms with Crippen molar-refractivity contribution in [1.82, 2.24) is 10.3 Å². The van der Waals surface area contributed by atoms with E-state index in [0.717, 1.165) is 12.2 Å². The Morgan fingerprint density at radius 1 is 1.11 bits per heavy atom. The summed E-state index contributed by atoms with van der Waals surface area (Å²) < 4.78 is 11.4. The number of hydrogen-bond acceptors (Lipinski definition) is 7. The van der Waals surface area contributed by atoms with Crippen molar-refractivity contribution >= 4 is 24.8 Å². The SMILES string of the molecule is CCC(NCC(O)COc1cc(C(O)O)cnc1C)Oc1ccccc1.Cl.Cl. The standard InChI is InChI=1S/C19H26N2O5.2ClH/c1-3-18(26-16-7-5-4-6-8-16)21-11-15(22)12-25-17-9-14(19(23)24)10-20-13(17)2;;/h4-10,15,18-19,21-24H,3,11-12H2,1-2H3;2*1H. The van der Waals surface area contributed by atoms with Crippen LogP contribution in [0.25, 0.3) is 0 Å². The van der Waals surface area contributed by atoms with Gasteiger partial charge >= 0.3 is 0 Å². The third kappa shape index (κ3) is 8.60. The number of aromatic nitrogens is 1. The first-order valence-corrected chi connectivity index (χ1v) is 8.58. The maximum atomic E-state index is 10.1. The summed E-state index contributed by atoms with van der Waals surface area (Å²) in [6.07, 6.45) is -0.481. The Balaban J connectivity index is 0.00000364. The lowest BCUT2D eigenvalue weighted by Gasteiger charge is -2.21. The van der Waals surface area contributed by atoms with Gasteiger partial charge in [-0.2, -0.15) is 0 Å². The molecule has 2 rings (SSSR count). The van der Waals surface area contributed by atoms with Gasteiger partial charge in [-0.3, -0.25) is 10.3 Å². The monoisotopic (exact) mass is 434 g/mol. The normalized spacial score (nSPS) is 12.5. The van der Waals surface area contributed by atoms with E-state index in [1.54, 1.807) is 6.92 Å². The molecule has 1 aromatic heterocycles. The summed E-state index contributed by atoms with van der Waals surface area (Å²) >= 11 is 0. The van der Waals surface area contributed by atoms with Crippen LogP contribution in [0.1, 0.15) is 30.9 Å². The minimum atomic E-state index is -1.61. The molecule has 158 valence electrons. The van der Waals surface area contributed by atoms with E-state index < -0.39 is 12.4 Å². The van der Waals surface area contributed by atoms with Gasteiger partial charge in [0.1, 0.15) is 30.4 Å². The molecular formula is C19H28Cl2N2O5. The third-order valence-corrected chi connectivity index (χ3v) is 3.76. The smallest absolute Gasteiger partial charge is 0.180 e. The molecule has 9 heteroatoms. The number of aliphatic hydroxyl groups excluding tert-OH is 2. The second-order valence-corrected chi connectivity index (χ2v) is 5.93. The molecule has 0 aliphatic heterocycles. The number of para-hydroxylation sites is 1. The van der Waals surface area contributed by atoms with Gasteiger partial charge < -0.3 is 24.8 Å². The predicted molar refractivity (Wildman–Crippen MR) is 111 cm³/mol. The maximum Gasteiger partial charge on any atom is 0.180 e. The number of aliphatic hydroxyl groups is 3. The van der Waals surface area contributed by atoms with Crippen molar-refractivity contribution in [3.8, 4) is 11.5 Å². The van der Waals surface area contributed by atoms with Gasteiger partial charge in [0.15, 0.2) is 6.29 Å². The molecule has 0 aliphatic carbocycles. The fourth-order valence-corrected chi connectivity index (χ4v) is 2.26. The van der Waals surface area contributed by atoms with Gasteiger partial charge in [-0.1, -0.05) is 25.1 Å². The first-order chi connectivity index (χ1) is 12.5. The molecule has 0 saturated carbocycles. The number of hydrogen-bond donors (Lipinski definition) is 4. The van der Waals surface area contributed by atoms with Crippen molar-refractivity contribution in [2.75, 3.05) is 13.2 Å². The Labute approximate surface area is 177 Å². The molecule has 0 fully saturated rings. The molecule has 1 aromatic carbocycles. The van der Waals surface area contributed by atoms with Crippen LogP contribution in [0.3, 0.4) is 0 Å². The van der Waals surface area contributed by atoms with Crippen LogP contribution in [0.2, 0.25) is 0 Å². The van der Waals surface area contributed by atoms with Crippen LogP contribution in [0, 0.1) is 6.92 Å². The molecule has 0 saturated heterocycles. The fraction of sp³-hybridized carbons (Fsp3) is 0.421. The fourth-order valence-electron chi connectivity index (χ4n) is 2.26. The molecule has 2 aromatic rings. The topological polar surface area (TPSA) is 104 Å². The second kappa shape index (κ2) is 13.5. The Kier molecular flexibility index (Phi) is 12.8. The lowest BCUT2D eigenvalue weighted by Crippen LogP contribution is -2.40. The number of benzene rings is 1. The van der Waals surface area contributed by atoms with Crippen LogP contribution in [-0.4, -0.2) is 45.8 Å². The molecule has 1 heterocycles. The van der Waals surface area contributed by atoms with Crippen LogP contribution in [0.15, 0.2) is 42.6 Å². The van der Waals surface area contributed by atoms with Crippen LogP contribution in [-0.2, 0) is 0 Å². The minimum Gasteiger partial charge on any atom is -0.489 e. The van der Waals surface area contributed by atoms with Crippen LogP contribution >= 0.6 is 24.8 Å². The number of nitrogens with one attached hydrogen (secondary N) is 1. The largest absolute Gasteiger partial charge is 0.489 e. The summed E-state index contributed by atoms with van der Waals surface area (Å²) in [6.45, 7) is 4.07. The average Bonchev–Trinajstić information content (AvgIpc) is 2.65. The highest BCUT2D eigenvalue weighted by atomic mass is 35.5. The van der Waals surface area contributed by atoms with Gasteiger partial charge in [-0.05, 0) is 31.5 Å². The molecule has 28 heavy (non-hydrogen) atoms. The Hall–Kier alpha value is -1.61. The third-order valence-electron chi connectivity index (χ3n) is 3.76. The molecule has 2 unspecified atom stereocenters. The number of pyridine rings is 1. The number of aryl methyl sites for hydroxylation is 1. The zero-order valence-corrected chi connectivity index (χ0v) is 17.4. The summed E-state index contributed by atoms with van der Waals surface area (Å²) in [7, 11) is 0. The molecular weight excluding hydrogens is 407 g/mol. The quantitative estimate of drug-likeness (QED) is 0.425. The molecule has 0 bridgehead atoms. The van der Waals surface area contributed by atoms with Crippen molar-refractivity contribution in [1.29, 1.82) is 0 Å². The van der Waals surface area contributed by atoms with Crippen molar-refractivity contribution in [2.45, 2.75) is 38.9 Å². The summed E-state index contributed by atoms with van der Waals surface area (Å²) in [5.41, 5.74) is 0.842. The van der Waals surface area contributed by atoms with Gasteiger partial charge in [0.05, 0.1) is 5.69 Å². The van der Waals surface area contributed by atoms with Crippen LogP contribution in [0.5, 0.6) is 11.5 Å². The Morgan fingerprint density at radius 3 is 2.39 bits per heavy atom. The highest BCUT2D eigenvalue weighted by molar-refractivity contribution is 5.85. The van der Waals surface area contributed by atoms with Gasteiger partial charge in [0.2, 0.25) is 0 Å². The van der Waals surface area contributed by atoms with Crippen molar-refractivity contribution in [2.24, 2.45) is 0 Å². The van der Waals surface area contributed by atoms with E-state index in [9.17, 15) is 15.3 Å². The molecule has 0 radical (unpaired) electrons. The zero-order valence-electron chi connectivity index (χ0n) is 15.8. The molecule has 0 amide bonds. The number of rotatable bonds is 10. The van der Waals surface area contributed by atoms with E-state index in [2.05, 4.69) is 10.3 Å². The number of ether oxygens (including phenoxy) is 2. The lowest BCUT2D eigenvalue weighted by atomic mass is 10.2. The summed E-state index contributed by atoms with van der Waals surface area (Å²) in [5, 5.41) is 31.7. The first kappa shape index (κ1) is 26.4. The Bertz CT molecular complexity index is 677. The molecule has 7 nitrogen and oxygen atoms in total. The van der Waals surface area contributed by atoms with E-state index in [-0.39, 0.29) is 43.2 Å². The summed E-state index contributed by atoms with van der Waals surface area (Å²) in [6, 6.07) is 11.0. The van der Waals surface area contributed by atoms with Gasteiger partial charge in [-0.25, -0.2) is 0 Å². The predicted octanol–water partition coefficient (Wildman–Crippen LogP) is 2.36. The van der Waals surface area contributed by atoms with Gasteiger partial charge in [0.25, 0.3) is 0 Å². The van der Waals surface area contributed by atoms with E-state index >= 15 is 0 Å². The van der Waals surface area contributed by atoms with E-state index in [4.69, 9.17) is 9.47 Å². The highest BCUT2D eigenvalue weighted by Crippen LogP contribution is 2.20. The molecule has 0 aliphatic rings. The van der Waals surface area contributed by atoms with Gasteiger partial charge in [-0.15, -0.1) is 24.8 Å². The summed E-state index contributed by atoms with van der Waals surface area (Å²) in [5.74, 6) is 1.17. The van der Waals surface area contributed by atoms with Crippen molar-refractivity contribution in [3.05, 3.63) is 53.9 Å². The van der Waals surface area contributed by atoms with Crippen LogP contribution in [0.4, 0.5) is 0 Å². The molecule has 4 N–H and O–H groups in total. The summed E-state index contributed by atoms with van der Waals surface area (Å²) in [4.78, 5) is 4.05.